The summed E-state index contributed by atoms with van der Waals surface area (Å²) >= 11 is 0. The highest BCUT2D eigenvalue weighted by atomic mass is 16.5. The zero-order valence-electron chi connectivity index (χ0n) is 10.1. The number of aryl methyl sites for hydroxylation is 1. The SMILES string of the molecule is COc1cn(-c2ncc(C)cn2)c(C(C)N)n1. The van der Waals surface area contributed by atoms with Crippen molar-refractivity contribution in [3.05, 3.63) is 30.0 Å². The van der Waals surface area contributed by atoms with Crippen molar-refractivity contribution in [3.8, 4) is 11.8 Å². The van der Waals surface area contributed by atoms with Crippen molar-refractivity contribution in [2.45, 2.75) is 19.9 Å². The average molecular weight is 233 g/mol. The summed E-state index contributed by atoms with van der Waals surface area (Å²) in [4.78, 5) is 12.7. The Morgan fingerprint density at radius 2 is 2.00 bits per heavy atom. The molecule has 0 fully saturated rings. The second kappa shape index (κ2) is 4.50. The van der Waals surface area contributed by atoms with Gasteiger partial charge in [0, 0.05) is 12.4 Å². The highest BCUT2D eigenvalue weighted by Gasteiger charge is 2.14. The van der Waals surface area contributed by atoms with E-state index < -0.39 is 0 Å². The lowest BCUT2D eigenvalue weighted by Crippen LogP contribution is -2.13. The van der Waals surface area contributed by atoms with Crippen molar-refractivity contribution in [1.29, 1.82) is 0 Å². The number of imidazole rings is 1. The molecule has 0 saturated heterocycles. The van der Waals surface area contributed by atoms with Crippen LogP contribution in [0.15, 0.2) is 18.6 Å². The number of nitrogens with zero attached hydrogens (tertiary/aromatic N) is 4. The van der Waals surface area contributed by atoms with Crippen molar-refractivity contribution < 1.29 is 4.74 Å². The maximum Gasteiger partial charge on any atom is 0.235 e. The maximum atomic E-state index is 5.86. The summed E-state index contributed by atoms with van der Waals surface area (Å²) in [7, 11) is 1.56. The van der Waals surface area contributed by atoms with Gasteiger partial charge in [-0.25, -0.2) is 9.97 Å². The first kappa shape index (κ1) is 11.5. The lowest BCUT2D eigenvalue weighted by molar-refractivity contribution is 0.398. The molecule has 0 aliphatic rings. The fraction of sp³-hybridized carbons (Fsp3) is 0.364. The third kappa shape index (κ3) is 2.26. The van der Waals surface area contributed by atoms with E-state index in [-0.39, 0.29) is 6.04 Å². The molecule has 0 aliphatic heterocycles. The summed E-state index contributed by atoms with van der Waals surface area (Å²) in [5, 5.41) is 0. The molecule has 17 heavy (non-hydrogen) atoms. The van der Waals surface area contributed by atoms with E-state index in [9.17, 15) is 0 Å². The van der Waals surface area contributed by atoms with Gasteiger partial charge in [0.15, 0.2) is 0 Å². The molecule has 2 aromatic rings. The molecule has 90 valence electrons. The third-order valence-electron chi connectivity index (χ3n) is 2.31. The topological polar surface area (TPSA) is 78.8 Å². The summed E-state index contributed by atoms with van der Waals surface area (Å²) in [6.07, 6.45) is 5.23. The molecular weight excluding hydrogens is 218 g/mol. The summed E-state index contributed by atoms with van der Waals surface area (Å²) in [5.41, 5.74) is 6.86. The van der Waals surface area contributed by atoms with Crippen LogP contribution in [0, 0.1) is 6.92 Å². The lowest BCUT2D eigenvalue weighted by atomic mass is 10.3. The first-order chi connectivity index (χ1) is 8.11. The molecular formula is C11H15N5O. The van der Waals surface area contributed by atoms with Crippen LogP contribution in [0.4, 0.5) is 0 Å². The normalized spacial score (nSPS) is 12.5. The Hall–Kier alpha value is -1.95. The van der Waals surface area contributed by atoms with E-state index in [4.69, 9.17) is 10.5 Å². The third-order valence-corrected chi connectivity index (χ3v) is 2.31. The Kier molecular flexibility index (Phi) is 3.06. The van der Waals surface area contributed by atoms with E-state index >= 15 is 0 Å². The number of ether oxygens (including phenoxy) is 1. The number of nitrogens with two attached hydrogens (primary N) is 1. The molecule has 6 heteroatoms. The van der Waals surface area contributed by atoms with Gasteiger partial charge in [0.25, 0.3) is 0 Å². The quantitative estimate of drug-likeness (QED) is 0.855. The highest BCUT2D eigenvalue weighted by molar-refractivity contribution is 5.23. The van der Waals surface area contributed by atoms with Crippen LogP contribution < -0.4 is 10.5 Å². The molecule has 0 radical (unpaired) electrons. The number of hydrogen-bond donors (Lipinski definition) is 1. The fourth-order valence-electron chi connectivity index (χ4n) is 1.46. The zero-order valence-corrected chi connectivity index (χ0v) is 10.1. The maximum absolute atomic E-state index is 5.86. The van der Waals surface area contributed by atoms with E-state index in [2.05, 4.69) is 15.0 Å². The largest absolute Gasteiger partial charge is 0.480 e. The predicted molar refractivity (Wildman–Crippen MR) is 63.0 cm³/mol. The first-order valence-corrected chi connectivity index (χ1v) is 5.29. The zero-order chi connectivity index (χ0) is 12.4. The molecule has 2 aromatic heterocycles. The van der Waals surface area contributed by atoms with Crippen LogP contribution in [0.25, 0.3) is 5.95 Å². The lowest BCUT2D eigenvalue weighted by Gasteiger charge is -2.07. The Balaban J connectivity index is 2.49. The Labute approximate surface area is 99.5 Å². The van der Waals surface area contributed by atoms with Crippen molar-refractivity contribution >= 4 is 0 Å². The molecule has 2 rings (SSSR count). The van der Waals surface area contributed by atoms with Gasteiger partial charge >= 0.3 is 0 Å². The second-order valence-electron chi connectivity index (χ2n) is 3.86. The van der Waals surface area contributed by atoms with Crippen molar-refractivity contribution in [1.82, 2.24) is 19.5 Å². The van der Waals surface area contributed by atoms with Gasteiger partial charge in [0.1, 0.15) is 5.82 Å². The second-order valence-corrected chi connectivity index (χ2v) is 3.86. The molecule has 1 atom stereocenters. The van der Waals surface area contributed by atoms with Crippen LogP contribution in [0.5, 0.6) is 5.88 Å². The smallest absolute Gasteiger partial charge is 0.235 e. The van der Waals surface area contributed by atoms with Gasteiger partial charge in [0.2, 0.25) is 11.8 Å². The number of hydrogen-bond acceptors (Lipinski definition) is 5. The Bertz CT molecular complexity index is 503. The van der Waals surface area contributed by atoms with E-state index in [1.165, 1.54) is 0 Å². The minimum atomic E-state index is -0.219. The van der Waals surface area contributed by atoms with Gasteiger partial charge in [-0.1, -0.05) is 0 Å². The monoisotopic (exact) mass is 233 g/mol. The molecule has 2 heterocycles. The molecule has 0 aromatic carbocycles. The van der Waals surface area contributed by atoms with E-state index in [1.807, 2.05) is 13.8 Å². The number of aromatic nitrogens is 4. The predicted octanol–water partition coefficient (Wildman–Crippen LogP) is 0.999. The fourth-order valence-corrected chi connectivity index (χ4v) is 1.46. The van der Waals surface area contributed by atoms with Crippen LogP contribution in [0.3, 0.4) is 0 Å². The molecule has 0 saturated carbocycles. The van der Waals surface area contributed by atoms with Gasteiger partial charge < -0.3 is 10.5 Å². The van der Waals surface area contributed by atoms with Crippen LogP contribution in [-0.2, 0) is 0 Å². The van der Waals surface area contributed by atoms with Gasteiger partial charge in [-0.05, 0) is 19.4 Å². The summed E-state index contributed by atoms with van der Waals surface area (Å²) in [6, 6.07) is -0.219. The van der Waals surface area contributed by atoms with Crippen LogP contribution in [-0.4, -0.2) is 26.6 Å². The molecule has 2 N–H and O–H groups in total. The van der Waals surface area contributed by atoms with E-state index in [0.29, 0.717) is 17.7 Å². The molecule has 0 amide bonds. The Morgan fingerprint density at radius 3 is 2.53 bits per heavy atom. The Morgan fingerprint density at radius 1 is 1.35 bits per heavy atom. The van der Waals surface area contributed by atoms with Gasteiger partial charge in [-0.15, -0.1) is 0 Å². The molecule has 0 spiro atoms. The molecule has 6 nitrogen and oxygen atoms in total. The van der Waals surface area contributed by atoms with E-state index in [0.717, 1.165) is 5.56 Å². The molecule has 0 bridgehead atoms. The van der Waals surface area contributed by atoms with Crippen molar-refractivity contribution in [3.63, 3.8) is 0 Å². The van der Waals surface area contributed by atoms with Gasteiger partial charge in [-0.3, -0.25) is 4.57 Å². The highest BCUT2D eigenvalue weighted by Crippen LogP contribution is 2.18. The van der Waals surface area contributed by atoms with Crippen molar-refractivity contribution in [2.75, 3.05) is 7.11 Å². The minimum Gasteiger partial charge on any atom is -0.480 e. The van der Waals surface area contributed by atoms with Crippen LogP contribution in [0.1, 0.15) is 24.4 Å². The standard InChI is InChI=1S/C11H15N5O/c1-7-4-13-11(14-5-7)16-6-9(17-3)15-10(16)8(2)12/h4-6,8H,12H2,1-3H3. The summed E-state index contributed by atoms with van der Waals surface area (Å²) < 4.78 is 6.83. The van der Waals surface area contributed by atoms with Crippen LogP contribution >= 0.6 is 0 Å². The molecule has 0 aliphatic carbocycles. The van der Waals surface area contributed by atoms with E-state index in [1.54, 1.807) is 30.3 Å². The average Bonchev–Trinajstić information content (AvgIpc) is 2.74. The van der Waals surface area contributed by atoms with Crippen molar-refractivity contribution in [2.24, 2.45) is 5.73 Å². The van der Waals surface area contributed by atoms with Gasteiger partial charge in [0.05, 0.1) is 19.3 Å². The van der Waals surface area contributed by atoms with Crippen LogP contribution in [0.2, 0.25) is 0 Å². The summed E-state index contributed by atoms with van der Waals surface area (Å²) in [5.74, 6) is 1.71. The summed E-state index contributed by atoms with van der Waals surface area (Å²) in [6.45, 7) is 3.79. The number of methoxy groups -OCH3 is 1. The molecule has 1 unspecified atom stereocenters. The minimum absolute atomic E-state index is 0.219. The first-order valence-electron chi connectivity index (χ1n) is 5.29. The number of rotatable bonds is 3. The van der Waals surface area contributed by atoms with Gasteiger partial charge in [-0.2, -0.15) is 4.98 Å².